The van der Waals surface area contributed by atoms with Gasteiger partial charge in [0, 0.05) is 0 Å². The number of hydrogen-bond donors (Lipinski definition) is 4. The molecule has 3 unspecified atom stereocenters. The molecule has 1 amide bonds. The predicted molar refractivity (Wildman–Crippen MR) is 250 cm³/mol. The summed E-state index contributed by atoms with van der Waals surface area (Å²) in [5.41, 5.74) is 0. The summed E-state index contributed by atoms with van der Waals surface area (Å²) in [5, 5.41) is 33.3. The van der Waals surface area contributed by atoms with E-state index in [2.05, 4.69) is 55.6 Å². The van der Waals surface area contributed by atoms with Gasteiger partial charge in [-0.05, 0) is 70.6 Å². The highest BCUT2D eigenvalue weighted by atomic mass is 16.3. The molecule has 0 aromatic heterocycles. The number of aliphatic hydroxyl groups is 3. The molecule has 57 heavy (non-hydrogen) atoms. The summed E-state index contributed by atoms with van der Waals surface area (Å²) in [4.78, 5) is 12.5. The first-order chi connectivity index (χ1) is 28.0. The number of nitrogens with one attached hydrogen (secondary N) is 1. The molecular weight excluding hydrogens is 703 g/mol. The Hall–Kier alpha value is -1.69. The molecule has 0 radical (unpaired) electrons. The number of amides is 1. The third kappa shape index (κ3) is 43.7. The number of unbranched alkanes of at least 4 members (excludes halogenated alkanes) is 30. The van der Waals surface area contributed by atoms with E-state index in [1.54, 1.807) is 6.08 Å². The number of hydrogen-bond acceptors (Lipinski definition) is 4. The summed E-state index contributed by atoms with van der Waals surface area (Å²) in [5.74, 6) is -0.331. The van der Waals surface area contributed by atoms with Gasteiger partial charge in [0.1, 0.15) is 0 Å². The molecule has 0 aromatic rings. The Morgan fingerprint density at radius 1 is 0.439 bits per heavy atom. The van der Waals surface area contributed by atoms with Crippen molar-refractivity contribution in [2.24, 2.45) is 0 Å². The van der Waals surface area contributed by atoms with Crippen molar-refractivity contribution < 1.29 is 20.1 Å². The Kier molecular flexibility index (Phi) is 45.6. The Bertz CT molecular complexity index is 927. The summed E-state index contributed by atoms with van der Waals surface area (Å²) in [6.45, 7) is 4.21. The third-order valence-electron chi connectivity index (χ3n) is 11.3. The first kappa shape index (κ1) is 55.3. The summed E-state index contributed by atoms with van der Waals surface area (Å²) >= 11 is 0. The molecule has 0 aromatic carbocycles. The van der Waals surface area contributed by atoms with Gasteiger partial charge in [-0.1, -0.05) is 223 Å². The largest absolute Gasteiger partial charge is 0.394 e. The monoisotopic (exact) mass is 800 g/mol. The van der Waals surface area contributed by atoms with Crippen molar-refractivity contribution >= 4 is 5.91 Å². The van der Waals surface area contributed by atoms with Crippen LogP contribution in [0, 0.1) is 0 Å². The molecule has 0 rings (SSSR count). The molecule has 0 fully saturated rings. The zero-order valence-electron chi connectivity index (χ0n) is 38.0. The van der Waals surface area contributed by atoms with Crippen molar-refractivity contribution in [1.82, 2.24) is 5.32 Å². The lowest BCUT2D eigenvalue weighted by Gasteiger charge is -2.21. The third-order valence-corrected chi connectivity index (χ3v) is 11.3. The first-order valence-electron chi connectivity index (χ1n) is 24.9. The van der Waals surface area contributed by atoms with Gasteiger partial charge in [0.15, 0.2) is 0 Å². The lowest BCUT2D eigenvalue weighted by atomic mass is 10.0. The minimum Gasteiger partial charge on any atom is -0.394 e. The van der Waals surface area contributed by atoms with E-state index in [1.165, 1.54) is 186 Å². The van der Waals surface area contributed by atoms with Crippen LogP contribution in [0.1, 0.15) is 251 Å². The van der Waals surface area contributed by atoms with Gasteiger partial charge < -0.3 is 20.6 Å². The average molecular weight is 800 g/mol. The lowest BCUT2D eigenvalue weighted by molar-refractivity contribution is -0.124. The van der Waals surface area contributed by atoms with Crippen LogP contribution in [0.15, 0.2) is 48.6 Å². The minimum absolute atomic E-state index is 0.000994. The lowest BCUT2D eigenvalue weighted by Crippen LogP contribution is -2.45. The maximum atomic E-state index is 12.5. The van der Waals surface area contributed by atoms with E-state index in [-0.39, 0.29) is 18.9 Å². The molecule has 0 bridgehead atoms. The van der Waals surface area contributed by atoms with E-state index in [9.17, 15) is 20.1 Å². The number of aliphatic hydroxyl groups excluding tert-OH is 3. The summed E-state index contributed by atoms with van der Waals surface area (Å²) in [6, 6.07) is -0.770. The topological polar surface area (TPSA) is 89.8 Å². The zero-order chi connectivity index (χ0) is 41.5. The van der Waals surface area contributed by atoms with E-state index in [4.69, 9.17) is 0 Å². The van der Waals surface area contributed by atoms with Gasteiger partial charge in [-0.3, -0.25) is 4.79 Å². The maximum absolute atomic E-state index is 12.5. The van der Waals surface area contributed by atoms with Crippen molar-refractivity contribution in [3.63, 3.8) is 0 Å². The first-order valence-corrected chi connectivity index (χ1v) is 24.9. The van der Waals surface area contributed by atoms with Crippen molar-refractivity contribution in [2.75, 3.05) is 6.61 Å². The number of carbonyl (C=O) groups excluding carboxylic acids is 1. The van der Waals surface area contributed by atoms with Gasteiger partial charge in [-0.2, -0.15) is 0 Å². The minimum atomic E-state index is -0.962. The second-order valence-corrected chi connectivity index (χ2v) is 17.0. The Balaban J connectivity index is 3.68. The van der Waals surface area contributed by atoms with Crippen LogP contribution in [0.25, 0.3) is 0 Å². The van der Waals surface area contributed by atoms with Gasteiger partial charge in [0.05, 0.1) is 31.3 Å². The van der Waals surface area contributed by atoms with Crippen LogP contribution in [-0.2, 0) is 4.79 Å². The molecule has 0 aliphatic heterocycles. The highest BCUT2D eigenvalue weighted by molar-refractivity contribution is 5.76. The fourth-order valence-corrected chi connectivity index (χ4v) is 7.48. The Labute approximate surface area is 355 Å². The number of carbonyl (C=O) groups is 1. The zero-order valence-corrected chi connectivity index (χ0v) is 38.0. The molecule has 4 N–H and O–H groups in total. The normalized spacial score (nSPS) is 13.8. The highest BCUT2D eigenvalue weighted by Gasteiger charge is 2.20. The molecule has 0 saturated heterocycles. The number of allylic oxidation sites excluding steroid dienone is 7. The van der Waals surface area contributed by atoms with Gasteiger partial charge in [0.2, 0.25) is 5.91 Å². The molecule has 0 saturated carbocycles. The van der Waals surface area contributed by atoms with E-state index in [0.29, 0.717) is 6.42 Å². The van der Waals surface area contributed by atoms with Crippen molar-refractivity contribution in [2.45, 2.75) is 270 Å². The maximum Gasteiger partial charge on any atom is 0.222 e. The molecular formula is C52H97NO4. The van der Waals surface area contributed by atoms with Crippen LogP contribution in [0.4, 0.5) is 0 Å². The van der Waals surface area contributed by atoms with Crippen LogP contribution < -0.4 is 5.32 Å². The van der Waals surface area contributed by atoms with Crippen LogP contribution in [0.3, 0.4) is 0 Å². The smallest absolute Gasteiger partial charge is 0.222 e. The van der Waals surface area contributed by atoms with Gasteiger partial charge in [-0.15, -0.1) is 0 Å². The molecule has 3 atom stereocenters. The van der Waals surface area contributed by atoms with Gasteiger partial charge in [0.25, 0.3) is 0 Å². The summed E-state index contributed by atoms with van der Waals surface area (Å²) in [6.07, 6.45) is 61.3. The Morgan fingerprint density at radius 3 is 1.12 bits per heavy atom. The second-order valence-electron chi connectivity index (χ2n) is 17.0. The van der Waals surface area contributed by atoms with Crippen molar-refractivity contribution in [3.8, 4) is 0 Å². The fraction of sp³-hybridized carbons (Fsp3) is 0.827. The average Bonchev–Trinajstić information content (AvgIpc) is 3.20. The molecule has 334 valence electrons. The molecule has 0 aliphatic rings. The molecule has 5 heteroatoms. The molecule has 5 nitrogen and oxygen atoms in total. The van der Waals surface area contributed by atoms with Crippen molar-refractivity contribution in [1.29, 1.82) is 0 Å². The van der Waals surface area contributed by atoms with E-state index in [0.717, 1.165) is 38.5 Å². The van der Waals surface area contributed by atoms with Crippen LogP contribution in [0.2, 0.25) is 0 Å². The standard InChI is InChI=1S/C52H97NO4/c1-3-5-7-9-11-13-15-17-19-21-23-24-25-26-28-29-31-33-35-37-39-41-43-45-49(55)47-52(57)53-50(48-54)51(56)46-44-42-40-38-36-34-32-30-27-22-20-18-16-14-12-10-8-6-4-2/h26-28,30,36,38,44,46,49-51,54-56H,3-25,29,31-35,37,39-43,45,47-48H2,1-2H3,(H,53,57)/b28-26-,30-27+,38-36+,46-44+. The number of rotatable bonds is 45. The summed E-state index contributed by atoms with van der Waals surface area (Å²) in [7, 11) is 0. The van der Waals surface area contributed by atoms with Crippen LogP contribution >= 0.6 is 0 Å². The van der Waals surface area contributed by atoms with Gasteiger partial charge in [-0.25, -0.2) is 0 Å². The predicted octanol–water partition coefficient (Wildman–Crippen LogP) is 14.9. The van der Waals surface area contributed by atoms with Crippen LogP contribution in [0.5, 0.6) is 0 Å². The Morgan fingerprint density at radius 2 is 0.754 bits per heavy atom. The fourth-order valence-electron chi connectivity index (χ4n) is 7.48. The SMILES string of the molecule is CCCCCCCCCCC/C=C/CC/C=C/CC/C=C/C(O)C(CO)NC(=O)CC(O)CCCCCCCCC/C=C\CCCCCCCCCCCCCC. The quantitative estimate of drug-likeness (QED) is 0.0365. The molecule has 0 aliphatic carbocycles. The summed E-state index contributed by atoms with van der Waals surface area (Å²) < 4.78 is 0. The molecule has 0 heterocycles. The second kappa shape index (κ2) is 47.0. The van der Waals surface area contributed by atoms with E-state index >= 15 is 0 Å². The highest BCUT2D eigenvalue weighted by Crippen LogP contribution is 2.15. The van der Waals surface area contributed by atoms with Crippen molar-refractivity contribution in [3.05, 3.63) is 48.6 Å². The van der Waals surface area contributed by atoms with Crippen LogP contribution in [-0.4, -0.2) is 46.1 Å². The van der Waals surface area contributed by atoms with Gasteiger partial charge >= 0.3 is 0 Å². The van der Waals surface area contributed by atoms with E-state index in [1.807, 2.05) is 6.08 Å². The van der Waals surface area contributed by atoms with E-state index < -0.39 is 18.2 Å². The molecule has 0 spiro atoms.